The van der Waals surface area contributed by atoms with Crippen LogP contribution in [0.2, 0.25) is 5.02 Å². The van der Waals surface area contributed by atoms with Gasteiger partial charge in [0.1, 0.15) is 6.04 Å². The Hall–Kier alpha value is -1.98. The second-order valence-corrected chi connectivity index (χ2v) is 8.46. The number of hydrogen-bond donors (Lipinski definition) is 1. The van der Waals surface area contributed by atoms with Gasteiger partial charge in [-0.05, 0) is 49.1 Å². The summed E-state index contributed by atoms with van der Waals surface area (Å²) in [5.41, 5.74) is 3.39. The fraction of sp³-hybridized carbons (Fsp3) is 0.391. The van der Waals surface area contributed by atoms with Crippen molar-refractivity contribution in [1.82, 2.24) is 10.2 Å². The van der Waals surface area contributed by atoms with E-state index in [2.05, 4.69) is 24.4 Å². The summed E-state index contributed by atoms with van der Waals surface area (Å²) in [4.78, 5) is 27.2. The Bertz CT molecular complexity index is 811. The Labute approximate surface area is 183 Å². The van der Waals surface area contributed by atoms with E-state index in [0.717, 1.165) is 17.7 Å². The second-order valence-electron chi connectivity index (χ2n) is 7.03. The molecule has 2 rings (SSSR count). The fourth-order valence-electron chi connectivity index (χ4n) is 2.87. The van der Waals surface area contributed by atoms with Gasteiger partial charge in [0, 0.05) is 23.9 Å². The van der Waals surface area contributed by atoms with Crippen molar-refractivity contribution in [3.8, 4) is 0 Å². The molecule has 0 saturated carbocycles. The molecule has 0 fully saturated rings. The Morgan fingerprint density at radius 3 is 2.48 bits per heavy atom. The molecule has 0 spiro atoms. The van der Waals surface area contributed by atoms with E-state index >= 15 is 0 Å². The van der Waals surface area contributed by atoms with E-state index in [1.165, 1.54) is 11.1 Å². The first-order valence-corrected chi connectivity index (χ1v) is 11.4. The quantitative estimate of drug-likeness (QED) is 0.585. The molecule has 1 N–H and O–H groups in total. The topological polar surface area (TPSA) is 49.4 Å². The standard InChI is InChI=1S/C23H29ClN2O2S/c1-4-13-25-23(28)18(3)26(14-19-9-11-21(24)12-10-19)22(27)16-29-15-20-8-6-5-7-17(20)2/h5-12,18H,4,13-16H2,1-3H3,(H,25,28). The van der Waals surface area contributed by atoms with Crippen molar-refractivity contribution in [1.29, 1.82) is 0 Å². The molecule has 6 heteroatoms. The molecule has 4 nitrogen and oxygen atoms in total. The fourth-order valence-corrected chi connectivity index (χ4v) is 3.98. The van der Waals surface area contributed by atoms with Crippen LogP contribution in [0.1, 0.15) is 37.0 Å². The van der Waals surface area contributed by atoms with Crippen LogP contribution in [0.4, 0.5) is 0 Å². The number of benzene rings is 2. The van der Waals surface area contributed by atoms with Gasteiger partial charge < -0.3 is 10.2 Å². The summed E-state index contributed by atoms with van der Waals surface area (Å²) in [6.07, 6.45) is 0.857. The highest BCUT2D eigenvalue weighted by atomic mass is 35.5. The van der Waals surface area contributed by atoms with Crippen molar-refractivity contribution >= 4 is 35.2 Å². The Kier molecular flexibility index (Phi) is 9.55. The number of carbonyl (C=O) groups is 2. The maximum absolute atomic E-state index is 13.0. The van der Waals surface area contributed by atoms with E-state index in [9.17, 15) is 9.59 Å². The first-order valence-electron chi connectivity index (χ1n) is 9.86. The predicted octanol–water partition coefficient (Wildman–Crippen LogP) is 4.83. The minimum Gasteiger partial charge on any atom is -0.354 e. The highest BCUT2D eigenvalue weighted by Gasteiger charge is 2.25. The first-order chi connectivity index (χ1) is 13.9. The molecule has 0 bridgehead atoms. The van der Waals surface area contributed by atoms with E-state index in [0.29, 0.717) is 23.9 Å². The maximum Gasteiger partial charge on any atom is 0.242 e. The van der Waals surface area contributed by atoms with Crippen molar-refractivity contribution in [2.24, 2.45) is 0 Å². The molecular weight excluding hydrogens is 404 g/mol. The lowest BCUT2D eigenvalue weighted by molar-refractivity contribution is -0.138. The largest absolute Gasteiger partial charge is 0.354 e. The summed E-state index contributed by atoms with van der Waals surface area (Å²) in [5, 5.41) is 3.54. The Morgan fingerprint density at radius 1 is 1.14 bits per heavy atom. The van der Waals surface area contributed by atoms with Crippen molar-refractivity contribution in [3.63, 3.8) is 0 Å². The van der Waals surface area contributed by atoms with E-state index in [1.807, 2.05) is 31.2 Å². The molecule has 2 aromatic rings. The van der Waals surface area contributed by atoms with Gasteiger partial charge in [-0.25, -0.2) is 0 Å². The van der Waals surface area contributed by atoms with Gasteiger partial charge in [-0.3, -0.25) is 9.59 Å². The molecule has 0 aromatic heterocycles. The Balaban J connectivity index is 2.05. The highest BCUT2D eigenvalue weighted by molar-refractivity contribution is 7.99. The SMILES string of the molecule is CCCNC(=O)C(C)N(Cc1ccc(Cl)cc1)C(=O)CSCc1ccccc1C. The number of amides is 2. The number of thioether (sulfide) groups is 1. The minimum absolute atomic E-state index is 0.0438. The maximum atomic E-state index is 13.0. The molecule has 1 unspecified atom stereocenters. The molecule has 0 aliphatic carbocycles. The molecule has 0 heterocycles. The van der Waals surface area contributed by atoms with Crippen LogP contribution in [0.25, 0.3) is 0 Å². The van der Waals surface area contributed by atoms with Crippen molar-refractivity contribution in [3.05, 3.63) is 70.2 Å². The second kappa shape index (κ2) is 11.9. The predicted molar refractivity (Wildman–Crippen MR) is 122 cm³/mol. The number of rotatable bonds is 10. The molecule has 1 atom stereocenters. The molecular formula is C23H29ClN2O2S. The number of halogens is 1. The van der Waals surface area contributed by atoms with E-state index in [-0.39, 0.29) is 11.8 Å². The summed E-state index contributed by atoms with van der Waals surface area (Å²) in [6.45, 7) is 6.84. The van der Waals surface area contributed by atoms with Crippen LogP contribution < -0.4 is 5.32 Å². The van der Waals surface area contributed by atoms with Gasteiger partial charge in [0.2, 0.25) is 11.8 Å². The third-order valence-electron chi connectivity index (χ3n) is 4.73. The van der Waals surface area contributed by atoms with Gasteiger partial charge >= 0.3 is 0 Å². The number of hydrogen-bond acceptors (Lipinski definition) is 3. The summed E-state index contributed by atoms with van der Waals surface area (Å²) < 4.78 is 0. The van der Waals surface area contributed by atoms with Crippen molar-refractivity contribution in [2.45, 2.75) is 45.5 Å². The normalized spacial score (nSPS) is 11.7. The van der Waals surface area contributed by atoms with Gasteiger partial charge in [-0.2, -0.15) is 0 Å². The number of carbonyl (C=O) groups excluding carboxylic acids is 2. The zero-order valence-corrected chi connectivity index (χ0v) is 18.9. The van der Waals surface area contributed by atoms with E-state index < -0.39 is 6.04 Å². The minimum atomic E-state index is -0.538. The van der Waals surface area contributed by atoms with Gasteiger partial charge in [0.15, 0.2) is 0 Å². The monoisotopic (exact) mass is 432 g/mol. The summed E-state index contributed by atoms with van der Waals surface area (Å²) in [6, 6.07) is 15.0. The number of nitrogens with zero attached hydrogens (tertiary/aromatic N) is 1. The molecule has 2 amide bonds. The third-order valence-corrected chi connectivity index (χ3v) is 5.95. The zero-order valence-electron chi connectivity index (χ0n) is 17.3. The van der Waals surface area contributed by atoms with E-state index in [4.69, 9.17) is 11.6 Å². The zero-order chi connectivity index (χ0) is 21.2. The molecule has 2 aromatic carbocycles. The Morgan fingerprint density at radius 2 is 1.83 bits per heavy atom. The lowest BCUT2D eigenvalue weighted by Gasteiger charge is -2.28. The van der Waals surface area contributed by atoms with Crippen molar-refractivity contribution in [2.75, 3.05) is 12.3 Å². The highest BCUT2D eigenvalue weighted by Crippen LogP contribution is 2.19. The molecule has 0 radical (unpaired) electrons. The van der Waals surface area contributed by atoms with Gasteiger partial charge in [-0.15, -0.1) is 11.8 Å². The molecule has 0 aliphatic rings. The van der Waals surface area contributed by atoms with Crippen LogP contribution in [-0.2, 0) is 21.9 Å². The van der Waals surface area contributed by atoms with Gasteiger partial charge in [0.05, 0.1) is 5.75 Å². The summed E-state index contributed by atoms with van der Waals surface area (Å²) >= 11 is 7.55. The van der Waals surface area contributed by atoms with Crippen LogP contribution in [0.5, 0.6) is 0 Å². The average molecular weight is 433 g/mol. The summed E-state index contributed by atoms with van der Waals surface area (Å²) in [7, 11) is 0. The van der Waals surface area contributed by atoms with Gasteiger partial charge in [-0.1, -0.05) is 54.9 Å². The van der Waals surface area contributed by atoms with Crippen LogP contribution in [0.3, 0.4) is 0 Å². The number of aryl methyl sites for hydroxylation is 1. The molecule has 29 heavy (non-hydrogen) atoms. The average Bonchev–Trinajstić information content (AvgIpc) is 2.72. The smallest absolute Gasteiger partial charge is 0.242 e. The third kappa shape index (κ3) is 7.41. The van der Waals surface area contributed by atoms with Crippen LogP contribution in [0.15, 0.2) is 48.5 Å². The van der Waals surface area contributed by atoms with Crippen LogP contribution in [0, 0.1) is 6.92 Å². The van der Waals surface area contributed by atoms with Crippen LogP contribution >= 0.6 is 23.4 Å². The number of nitrogens with one attached hydrogen (secondary N) is 1. The summed E-state index contributed by atoms with van der Waals surface area (Å²) in [5.74, 6) is 0.924. The van der Waals surface area contributed by atoms with Crippen LogP contribution in [-0.4, -0.2) is 35.1 Å². The molecule has 0 saturated heterocycles. The first kappa shape index (κ1) is 23.3. The molecule has 0 aliphatic heterocycles. The lowest BCUT2D eigenvalue weighted by atomic mass is 10.1. The van der Waals surface area contributed by atoms with E-state index in [1.54, 1.807) is 35.7 Å². The lowest BCUT2D eigenvalue weighted by Crippen LogP contribution is -2.48. The molecule has 156 valence electrons. The van der Waals surface area contributed by atoms with Gasteiger partial charge in [0.25, 0.3) is 0 Å². The van der Waals surface area contributed by atoms with Crippen molar-refractivity contribution < 1.29 is 9.59 Å².